The fourth-order valence-electron chi connectivity index (χ4n) is 3.07. The average Bonchev–Trinajstić information content (AvgIpc) is 3.08. The fourth-order valence-corrected chi connectivity index (χ4v) is 3.07. The van der Waals surface area contributed by atoms with Crippen molar-refractivity contribution in [3.63, 3.8) is 0 Å². The van der Waals surface area contributed by atoms with E-state index >= 15 is 0 Å². The lowest BCUT2D eigenvalue weighted by molar-refractivity contribution is -0.138. The number of hydrogen-bond donors (Lipinski definition) is 2. The fraction of sp³-hybridized carbons (Fsp3) is 0.250. The molecule has 168 valence electrons. The number of nitriles is 1. The van der Waals surface area contributed by atoms with Gasteiger partial charge in [-0.3, -0.25) is 4.79 Å². The smallest absolute Gasteiger partial charge is 0.378 e. The van der Waals surface area contributed by atoms with Gasteiger partial charge in [0.25, 0.3) is 5.91 Å². The first-order valence-corrected chi connectivity index (χ1v) is 8.90. The number of nitrogens with one attached hydrogen (secondary N) is 1. The van der Waals surface area contributed by atoms with E-state index in [2.05, 4.69) is 10.3 Å². The molecular formula is C20H14F6N4O2. The standard InChI is InChI=1S/C20H14F6N4O2/c1-18(32,9-30-10-28-16-13(19(21,22)23)3-2-4-15(16)30)17(31)29-12-6-5-11(8-27)14(7-12)20(24,25)26/h2-7,10,32H,9H2,1H3,(H,29,31)/t18-/m0/s1. The van der Waals surface area contributed by atoms with Gasteiger partial charge < -0.3 is 15.0 Å². The maximum atomic E-state index is 13.1. The third-order valence-electron chi connectivity index (χ3n) is 4.63. The number of aromatic nitrogens is 2. The van der Waals surface area contributed by atoms with Crippen LogP contribution in [0.2, 0.25) is 0 Å². The summed E-state index contributed by atoms with van der Waals surface area (Å²) in [4.78, 5) is 16.2. The molecule has 0 aliphatic rings. The van der Waals surface area contributed by atoms with Gasteiger partial charge >= 0.3 is 12.4 Å². The molecule has 0 spiro atoms. The molecule has 0 radical (unpaired) electrons. The highest BCUT2D eigenvalue weighted by Crippen LogP contribution is 2.35. The van der Waals surface area contributed by atoms with Crippen molar-refractivity contribution in [3.8, 4) is 6.07 Å². The topological polar surface area (TPSA) is 90.9 Å². The van der Waals surface area contributed by atoms with Crippen LogP contribution in [-0.2, 0) is 23.7 Å². The molecule has 3 rings (SSSR count). The van der Waals surface area contributed by atoms with Gasteiger partial charge in [0.2, 0.25) is 0 Å². The molecule has 0 saturated heterocycles. The average molecular weight is 456 g/mol. The van der Waals surface area contributed by atoms with Crippen LogP contribution in [0, 0.1) is 11.3 Å². The minimum atomic E-state index is -4.85. The van der Waals surface area contributed by atoms with Crippen molar-refractivity contribution in [3.05, 3.63) is 59.4 Å². The third kappa shape index (κ3) is 4.52. The summed E-state index contributed by atoms with van der Waals surface area (Å²) in [6.45, 7) is 0.523. The van der Waals surface area contributed by atoms with Gasteiger partial charge in [0, 0.05) is 5.69 Å². The minimum Gasteiger partial charge on any atom is -0.378 e. The maximum absolute atomic E-state index is 13.1. The van der Waals surface area contributed by atoms with Crippen LogP contribution in [0.1, 0.15) is 23.6 Å². The molecule has 1 atom stereocenters. The number of anilines is 1. The van der Waals surface area contributed by atoms with Crippen molar-refractivity contribution < 1.29 is 36.2 Å². The maximum Gasteiger partial charge on any atom is 0.418 e. The molecule has 3 aromatic rings. The summed E-state index contributed by atoms with van der Waals surface area (Å²) < 4.78 is 79.9. The number of hydrogen-bond acceptors (Lipinski definition) is 4. The number of alkyl halides is 6. The molecule has 0 saturated carbocycles. The van der Waals surface area contributed by atoms with E-state index in [0.717, 1.165) is 42.1 Å². The Morgan fingerprint density at radius 1 is 1.12 bits per heavy atom. The van der Waals surface area contributed by atoms with E-state index in [0.29, 0.717) is 6.07 Å². The van der Waals surface area contributed by atoms with E-state index in [4.69, 9.17) is 5.26 Å². The molecule has 12 heteroatoms. The quantitative estimate of drug-likeness (QED) is 0.572. The molecule has 0 aliphatic heterocycles. The second-order valence-electron chi connectivity index (χ2n) is 7.14. The highest BCUT2D eigenvalue weighted by molar-refractivity contribution is 5.97. The number of halogens is 6. The largest absolute Gasteiger partial charge is 0.418 e. The summed E-state index contributed by atoms with van der Waals surface area (Å²) in [6, 6.07) is 7.19. The molecule has 2 N–H and O–H groups in total. The molecule has 0 fully saturated rings. The molecule has 6 nitrogen and oxygen atoms in total. The summed E-state index contributed by atoms with van der Waals surface area (Å²) >= 11 is 0. The summed E-state index contributed by atoms with van der Waals surface area (Å²) in [5.41, 5.74) is -5.82. The van der Waals surface area contributed by atoms with Crippen molar-refractivity contribution in [2.75, 3.05) is 5.32 Å². The predicted molar refractivity (Wildman–Crippen MR) is 100 cm³/mol. The number of amides is 1. The normalized spacial score (nSPS) is 14.1. The molecule has 0 aliphatic carbocycles. The molecule has 2 aromatic carbocycles. The molecule has 0 unspecified atom stereocenters. The zero-order valence-electron chi connectivity index (χ0n) is 16.2. The SMILES string of the molecule is C[C@](O)(Cn1cnc2c(C(F)(F)F)cccc21)C(=O)Nc1ccc(C#N)c(C(F)(F)F)c1. The Morgan fingerprint density at radius 3 is 2.38 bits per heavy atom. The van der Waals surface area contributed by atoms with Gasteiger partial charge in [0.15, 0.2) is 5.60 Å². The Labute approximate surface area is 176 Å². The van der Waals surface area contributed by atoms with Gasteiger partial charge in [0.05, 0.1) is 41.1 Å². The molecule has 32 heavy (non-hydrogen) atoms. The van der Waals surface area contributed by atoms with Crippen LogP contribution in [0.15, 0.2) is 42.7 Å². The highest BCUT2D eigenvalue weighted by atomic mass is 19.4. The lowest BCUT2D eigenvalue weighted by atomic mass is 10.0. The zero-order valence-corrected chi connectivity index (χ0v) is 16.2. The Bertz CT molecular complexity index is 1220. The van der Waals surface area contributed by atoms with Gasteiger partial charge in [-0.25, -0.2) is 4.98 Å². The van der Waals surface area contributed by atoms with E-state index < -0.39 is 47.1 Å². The van der Waals surface area contributed by atoms with Crippen LogP contribution >= 0.6 is 0 Å². The number of fused-ring (bicyclic) bond motifs is 1. The van der Waals surface area contributed by atoms with Crippen molar-refractivity contribution >= 4 is 22.6 Å². The van der Waals surface area contributed by atoms with Gasteiger partial charge in [0.1, 0.15) is 5.52 Å². The van der Waals surface area contributed by atoms with Crippen molar-refractivity contribution in [1.82, 2.24) is 9.55 Å². The van der Waals surface area contributed by atoms with Gasteiger partial charge in [-0.2, -0.15) is 31.6 Å². The number of nitrogens with zero attached hydrogens (tertiary/aromatic N) is 3. The van der Waals surface area contributed by atoms with Crippen molar-refractivity contribution in [1.29, 1.82) is 5.26 Å². The molecule has 1 heterocycles. The first-order valence-electron chi connectivity index (χ1n) is 8.90. The number of carbonyl (C=O) groups is 1. The minimum absolute atomic E-state index is 0.00521. The van der Waals surface area contributed by atoms with Crippen molar-refractivity contribution in [2.45, 2.75) is 31.4 Å². The van der Waals surface area contributed by atoms with Crippen LogP contribution < -0.4 is 5.32 Å². The number of carbonyl (C=O) groups excluding carboxylic acids is 1. The molecule has 1 amide bonds. The number of benzene rings is 2. The van der Waals surface area contributed by atoms with Crippen molar-refractivity contribution in [2.24, 2.45) is 0 Å². The second kappa shape index (κ2) is 7.83. The first kappa shape index (κ1) is 23.1. The number of aliphatic hydroxyl groups is 1. The molecule has 1 aromatic heterocycles. The summed E-state index contributed by atoms with van der Waals surface area (Å²) in [5.74, 6) is -1.11. The Morgan fingerprint density at radius 2 is 1.78 bits per heavy atom. The van der Waals surface area contributed by atoms with Crippen LogP contribution in [0.25, 0.3) is 11.0 Å². The highest BCUT2D eigenvalue weighted by Gasteiger charge is 2.37. The first-order chi connectivity index (χ1) is 14.7. The van der Waals surface area contributed by atoms with Crippen LogP contribution in [-0.4, -0.2) is 26.2 Å². The van der Waals surface area contributed by atoms with E-state index in [1.165, 1.54) is 12.1 Å². The van der Waals surface area contributed by atoms with E-state index in [-0.39, 0.29) is 16.7 Å². The second-order valence-corrected chi connectivity index (χ2v) is 7.14. The molecular weight excluding hydrogens is 442 g/mol. The lowest BCUT2D eigenvalue weighted by Crippen LogP contribution is -2.43. The van der Waals surface area contributed by atoms with E-state index in [1.807, 2.05) is 0 Å². The van der Waals surface area contributed by atoms with Crippen LogP contribution in [0.3, 0.4) is 0 Å². The van der Waals surface area contributed by atoms with Crippen LogP contribution in [0.5, 0.6) is 0 Å². The Hall–Kier alpha value is -3.59. The Kier molecular flexibility index (Phi) is 5.65. The summed E-state index contributed by atoms with van der Waals surface area (Å²) in [6.07, 6.45) is -8.49. The monoisotopic (exact) mass is 456 g/mol. The summed E-state index contributed by atoms with van der Waals surface area (Å²) in [5, 5.41) is 21.5. The Balaban J connectivity index is 1.87. The third-order valence-corrected chi connectivity index (χ3v) is 4.63. The van der Waals surface area contributed by atoms with Gasteiger partial charge in [-0.1, -0.05) is 6.07 Å². The lowest BCUT2D eigenvalue weighted by Gasteiger charge is -2.23. The van der Waals surface area contributed by atoms with Gasteiger partial charge in [-0.05, 0) is 37.3 Å². The van der Waals surface area contributed by atoms with E-state index in [1.54, 1.807) is 0 Å². The zero-order chi connectivity index (χ0) is 23.9. The van der Waals surface area contributed by atoms with Gasteiger partial charge in [-0.15, -0.1) is 0 Å². The van der Waals surface area contributed by atoms with E-state index in [9.17, 15) is 36.2 Å². The number of imidazole rings is 1. The molecule has 0 bridgehead atoms. The summed E-state index contributed by atoms with van der Waals surface area (Å²) in [7, 11) is 0. The predicted octanol–water partition coefficient (Wildman–Crippen LogP) is 4.34. The van der Waals surface area contributed by atoms with Crippen LogP contribution in [0.4, 0.5) is 32.0 Å². The number of rotatable bonds is 4. The number of para-hydroxylation sites is 1.